The van der Waals surface area contributed by atoms with Gasteiger partial charge in [-0.1, -0.05) is 12.1 Å². The van der Waals surface area contributed by atoms with Crippen molar-refractivity contribution in [3.05, 3.63) is 60.8 Å². The number of aliphatic hydroxyl groups excluding tert-OH is 1. The highest BCUT2D eigenvalue weighted by Gasteiger charge is 2.19. The van der Waals surface area contributed by atoms with Crippen molar-refractivity contribution in [3.8, 4) is 5.69 Å². The maximum Gasteiger partial charge on any atom is 0.222 e. The van der Waals surface area contributed by atoms with Gasteiger partial charge in [0.2, 0.25) is 5.95 Å². The van der Waals surface area contributed by atoms with Crippen LogP contribution >= 0.6 is 0 Å². The lowest BCUT2D eigenvalue weighted by Crippen LogP contribution is -2.35. The van der Waals surface area contributed by atoms with Gasteiger partial charge in [0, 0.05) is 36.9 Å². The minimum atomic E-state index is -3.45. The van der Waals surface area contributed by atoms with E-state index in [0.29, 0.717) is 22.5 Å². The molecule has 3 heterocycles. The minimum absolute atomic E-state index is 0.0900. The molecule has 0 bridgehead atoms. The van der Waals surface area contributed by atoms with E-state index in [0.717, 1.165) is 37.3 Å². The van der Waals surface area contributed by atoms with Crippen LogP contribution in [0, 0.1) is 0 Å². The summed E-state index contributed by atoms with van der Waals surface area (Å²) in [6.07, 6.45) is 4.39. The number of nitrogen functional groups attached to an aromatic ring is 1. The molecule has 176 valence electrons. The number of para-hydroxylation sites is 1. The summed E-state index contributed by atoms with van der Waals surface area (Å²) in [5.74, 6) is 0.505. The molecule has 0 atom stereocenters. The molecule has 0 spiro atoms. The largest absolute Gasteiger partial charge is 0.393 e. The van der Waals surface area contributed by atoms with E-state index < -0.39 is 9.84 Å². The highest BCUT2D eigenvalue weighted by Crippen LogP contribution is 2.31. The number of sulfone groups is 1. The number of piperidine rings is 1. The summed E-state index contributed by atoms with van der Waals surface area (Å²) in [6.45, 7) is 1.65. The Labute approximate surface area is 197 Å². The number of nitrogens with one attached hydrogen (secondary N) is 1. The lowest BCUT2D eigenvalue weighted by atomic mass is 10.1. The van der Waals surface area contributed by atoms with Crippen LogP contribution in [0.1, 0.15) is 12.8 Å². The molecule has 4 N–H and O–H groups in total. The molecular formula is C24H26N6O3S. The molecule has 0 unspecified atom stereocenters. The van der Waals surface area contributed by atoms with Crippen molar-refractivity contribution in [1.82, 2.24) is 14.5 Å². The van der Waals surface area contributed by atoms with Crippen LogP contribution in [0.25, 0.3) is 16.7 Å². The van der Waals surface area contributed by atoms with E-state index in [2.05, 4.69) is 32.3 Å². The third-order valence-electron chi connectivity index (χ3n) is 6.05. The van der Waals surface area contributed by atoms with Crippen molar-refractivity contribution in [2.24, 2.45) is 0 Å². The Bertz CT molecular complexity index is 1440. The van der Waals surface area contributed by atoms with Gasteiger partial charge in [0.25, 0.3) is 0 Å². The van der Waals surface area contributed by atoms with Crippen LogP contribution < -0.4 is 16.0 Å². The number of fused-ring (bicyclic) bond motifs is 1. The van der Waals surface area contributed by atoms with E-state index >= 15 is 0 Å². The van der Waals surface area contributed by atoms with Gasteiger partial charge >= 0.3 is 0 Å². The average molecular weight is 479 g/mol. The van der Waals surface area contributed by atoms with Crippen LogP contribution in [-0.2, 0) is 9.84 Å². The lowest BCUT2D eigenvalue weighted by Gasteiger charge is -2.31. The van der Waals surface area contributed by atoms with Gasteiger partial charge in [0.1, 0.15) is 5.52 Å². The quantitative estimate of drug-likeness (QED) is 0.399. The number of aliphatic hydroxyl groups is 1. The van der Waals surface area contributed by atoms with E-state index in [-0.39, 0.29) is 16.9 Å². The highest BCUT2D eigenvalue weighted by molar-refractivity contribution is 7.90. The molecule has 0 amide bonds. The predicted octanol–water partition coefficient (Wildman–Crippen LogP) is 3.11. The van der Waals surface area contributed by atoms with E-state index in [4.69, 9.17) is 5.73 Å². The number of nitrogens with two attached hydrogens (primary N) is 1. The van der Waals surface area contributed by atoms with Gasteiger partial charge in [-0.25, -0.2) is 13.4 Å². The normalized spacial score (nSPS) is 15.1. The fourth-order valence-corrected chi connectivity index (χ4v) is 5.18. The summed E-state index contributed by atoms with van der Waals surface area (Å²) >= 11 is 0. The molecule has 1 aliphatic rings. The zero-order valence-corrected chi connectivity index (χ0v) is 19.5. The zero-order chi connectivity index (χ0) is 23.9. The average Bonchev–Trinajstić information content (AvgIpc) is 3.23. The predicted molar refractivity (Wildman–Crippen MR) is 134 cm³/mol. The molecule has 1 saturated heterocycles. The van der Waals surface area contributed by atoms with E-state index in [1.165, 1.54) is 6.26 Å². The van der Waals surface area contributed by atoms with Crippen molar-refractivity contribution >= 4 is 44.0 Å². The third kappa shape index (κ3) is 4.29. The number of anilines is 4. The summed E-state index contributed by atoms with van der Waals surface area (Å²) in [7, 11) is -3.45. The molecule has 1 fully saturated rings. The Morgan fingerprint density at radius 3 is 2.38 bits per heavy atom. The lowest BCUT2D eigenvalue weighted by molar-refractivity contribution is 0.145. The van der Waals surface area contributed by atoms with Gasteiger partial charge in [-0.2, -0.15) is 4.98 Å². The number of hydrogen-bond donors (Lipinski definition) is 3. The van der Waals surface area contributed by atoms with Crippen molar-refractivity contribution in [2.45, 2.75) is 23.8 Å². The van der Waals surface area contributed by atoms with Crippen LogP contribution in [-0.4, -0.2) is 53.5 Å². The monoisotopic (exact) mass is 478 g/mol. The number of nitrogens with zero attached hydrogens (tertiary/aromatic N) is 4. The molecule has 9 nitrogen and oxygen atoms in total. The van der Waals surface area contributed by atoms with E-state index in [1.54, 1.807) is 24.3 Å². The molecule has 5 rings (SSSR count). The van der Waals surface area contributed by atoms with Crippen LogP contribution in [0.3, 0.4) is 0 Å². The van der Waals surface area contributed by atoms with Gasteiger partial charge < -0.3 is 25.6 Å². The van der Waals surface area contributed by atoms with E-state index in [9.17, 15) is 13.5 Å². The first-order valence-electron chi connectivity index (χ1n) is 11.0. The number of aromatic nitrogens is 3. The van der Waals surface area contributed by atoms with Gasteiger partial charge in [0.05, 0.1) is 22.2 Å². The molecule has 0 saturated carbocycles. The van der Waals surface area contributed by atoms with Crippen LogP contribution in [0.2, 0.25) is 0 Å². The Hall–Kier alpha value is -3.63. The zero-order valence-electron chi connectivity index (χ0n) is 18.7. The second-order valence-electron chi connectivity index (χ2n) is 8.48. The molecule has 4 aromatic rings. The molecule has 1 aliphatic heterocycles. The second kappa shape index (κ2) is 8.62. The summed E-state index contributed by atoms with van der Waals surface area (Å²) in [6, 6.07) is 16.7. The number of rotatable bonds is 5. The summed E-state index contributed by atoms with van der Waals surface area (Å²) < 4.78 is 26.5. The van der Waals surface area contributed by atoms with Crippen molar-refractivity contribution in [1.29, 1.82) is 0 Å². The smallest absolute Gasteiger partial charge is 0.222 e. The summed E-state index contributed by atoms with van der Waals surface area (Å²) in [5, 5.41) is 12.9. The Morgan fingerprint density at radius 2 is 1.68 bits per heavy atom. The number of benzene rings is 2. The van der Waals surface area contributed by atoms with Crippen LogP contribution in [0.15, 0.2) is 65.7 Å². The van der Waals surface area contributed by atoms with Gasteiger partial charge in [-0.05, 0) is 55.3 Å². The Morgan fingerprint density at radius 1 is 1.00 bits per heavy atom. The maximum atomic E-state index is 12.3. The van der Waals surface area contributed by atoms with Crippen molar-refractivity contribution in [3.63, 3.8) is 0 Å². The fourth-order valence-electron chi connectivity index (χ4n) is 4.33. The molecular weight excluding hydrogens is 452 g/mol. The molecule has 0 radical (unpaired) electrons. The molecule has 10 heteroatoms. The maximum absolute atomic E-state index is 12.3. The van der Waals surface area contributed by atoms with Crippen molar-refractivity contribution in [2.75, 3.05) is 35.3 Å². The van der Waals surface area contributed by atoms with E-state index in [1.807, 2.05) is 29.0 Å². The highest BCUT2D eigenvalue weighted by atomic mass is 32.2. The molecule has 2 aromatic heterocycles. The van der Waals surface area contributed by atoms with Gasteiger partial charge in [-0.3, -0.25) is 0 Å². The van der Waals surface area contributed by atoms with Crippen molar-refractivity contribution < 1.29 is 13.5 Å². The molecule has 2 aromatic carbocycles. The minimum Gasteiger partial charge on any atom is -0.393 e. The standard InChI is InChI=1S/C24H26N6O3S/c1-34(32,33)21-5-3-2-4-19(21)26-23-22-20(27-24(25)28-23)12-15-30(22)17-8-6-16(7-9-17)29-13-10-18(31)11-14-29/h2-9,12,15,18,31H,10-11,13-14H2,1H3,(H3,25,26,27,28). The second-order valence-corrected chi connectivity index (χ2v) is 10.5. The molecule has 34 heavy (non-hydrogen) atoms. The first kappa shape index (κ1) is 22.2. The fraction of sp³-hybridized carbons (Fsp3) is 0.250. The van der Waals surface area contributed by atoms with Gasteiger partial charge in [0.15, 0.2) is 15.7 Å². The first-order valence-corrected chi connectivity index (χ1v) is 12.9. The van der Waals surface area contributed by atoms with Crippen LogP contribution in [0.4, 0.5) is 23.1 Å². The third-order valence-corrected chi connectivity index (χ3v) is 7.20. The Balaban J connectivity index is 1.54. The summed E-state index contributed by atoms with van der Waals surface area (Å²) in [5.41, 5.74) is 9.70. The summed E-state index contributed by atoms with van der Waals surface area (Å²) in [4.78, 5) is 11.2. The first-order chi connectivity index (χ1) is 16.3. The Kier molecular flexibility index (Phi) is 5.62. The van der Waals surface area contributed by atoms with Gasteiger partial charge in [-0.15, -0.1) is 0 Å². The molecule has 0 aliphatic carbocycles. The van der Waals surface area contributed by atoms with Crippen LogP contribution in [0.5, 0.6) is 0 Å². The number of hydrogen-bond acceptors (Lipinski definition) is 8. The topological polar surface area (TPSA) is 126 Å². The SMILES string of the molecule is CS(=O)(=O)c1ccccc1Nc1nc(N)nc2ccn(-c3ccc(N4CCC(O)CC4)cc3)c12.